The van der Waals surface area contributed by atoms with Gasteiger partial charge in [-0.15, -0.1) is 0 Å². The third kappa shape index (κ3) is 46.3. The Morgan fingerprint density at radius 1 is 0.549 bits per heavy atom. The number of benzene rings is 2. The fourth-order valence-electron chi connectivity index (χ4n) is 5.78. The highest BCUT2D eigenvalue weighted by molar-refractivity contribution is 5.93. The van der Waals surface area contributed by atoms with Gasteiger partial charge in [0.15, 0.2) is 0 Å². The second kappa shape index (κ2) is 47.8. The van der Waals surface area contributed by atoms with E-state index in [1.54, 1.807) is 0 Å². The molecule has 1 fully saturated rings. The maximum atomic E-state index is 12.9. The lowest BCUT2D eigenvalue weighted by atomic mass is 9.91. The van der Waals surface area contributed by atoms with Crippen LogP contribution < -0.4 is 54.4 Å². The molecule has 0 saturated heterocycles. The van der Waals surface area contributed by atoms with Gasteiger partial charge in [-0.25, -0.2) is 0 Å². The van der Waals surface area contributed by atoms with E-state index < -0.39 is 80.1 Å². The van der Waals surface area contributed by atoms with Crippen molar-refractivity contribution in [1.29, 1.82) is 0 Å². The molecule has 1 aliphatic carbocycles. The first-order valence-corrected chi connectivity index (χ1v) is 25.6. The normalized spacial score (nSPS) is 11.6. The van der Waals surface area contributed by atoms with Gasteiger partial charge in [0.1, 0.15) is 6.04 Å². The number of nitrogens with one attached hydrogen (secondary N) is 7. The first-order chi connectivity index (χ1) is 33.8. The molecule has 3 rings (SSSR count). The van der Waals surface area contributed by atoms with Crippen LogP contribution in [0.3, 0.4) is 0 Å². The SMILES string of the molecule is CC(C)C.CC1CCCCC1.CCC.CCCC(=O)N[C@@H](Cc1ccc(-c2ccccc2)cc1)C(=O)NCC(=O)NCC(=O)NCC(=O)NCC(=O)NCC(=O)NCC(N)=O.CCCCCCN.CCN. The molecule has 13 N–H and O–H groups in total. The van der Waals surface area contributed by atoms with Gasteiger partial charge in [-0.1, -0.05) is 175 Å². The summed E-state index contributed by atoms with van der Waals surface area (Å²) in [6, 6.07) is 16.4. The third-order valence-corrected chi connectivity index (χ3v) is 9.25. The predicted octanol–water partition coefficient (Wildman–Crippen LogP) is 4.52. The Kier molecular flexibility index (Phi) is 46.7. The first kappa shape index (κ1) is 69.4. The zero-order valence-electron chi connectivity index (χ0n) is 44.8. The molecule has 0 spiro atoms. The predicted molar refractivity (Wildman–Crippen MR) is 286 cm³/mol. The first-order valence-electron chi connectivity index (χ1n) is 25.6. The summed E-state index contributed by atoms with van der Waals surface area (Å²) in [6.45, 7) is 17.9. The molecule has 0 bridgehead atoms. The lowest BCUT2D eigenvalue weighted by Crippen LogP contribution is -2.50. The van der Waals surface area contributed by atoms with Crippen LogP contribution in [0.5, 0.6) is 0 Å². The number of primary amides is 1. The van der Waals surface area contributed by atoms with Crippen LogP contribution in [-0.4, -0.2) is 106 Å². The van der Waals surface area contributed by atoms with Crippen molar-refractivity contribution in [3.05, 3.63) is 60.2 Å². The van der Waals surface area contributed by atoms with E-state index in [1.807, 2.05) is 68.4 Å². The number of carbonyl (C=O) groups excluding carboxylic acids is 8. The Hall–Kier alpha value is -5.88. The number of unbranched alkanes of at least 4 members (excludes halogenated alkanes) is 3. The standard InChI is InChI=1S/C31H40N8O8.C7H14.C6H15N.C4H10.C3H8.C2H7N/c1-2-6-25(41)39-23(13-20-9-11-22(12-10-20)21-7-4-3-5-8-21)31(47)38-19-30(46)37-18-29(45)36-17-28(44)35-16-27(43)34-15-26(42)33-14-24(32)40;1-7-5-3-2-4-6-7;1-2-3-4-5-6-7;1-4(2)3;1-3-2;1-2-3/h3-5,7-12,23H,2,6,13-19H2,1H3,(H2,32,40)(H,33,42)(H,34,43)(H,35,44)(H,36,45)(H,37,46)(H,38,47)(H,39,41);7H,2-6H2,1H3;2-7H2,1H3;4H,1-3H3;3H2,1-2H3;2-3H2,1H3/t23-;;;;;/m0...../s1. The summed E-state index contributed by atoms with van der Waals surface area (Å²) in [5.41, 5.74) is 17.8. The van der Waals surface area contributed by atoms with E-state index in [0.717, 1.165) is 41.6 Å². The summed E-state index contributed by atoms with van der Waals surface area (Å²) < 4.78 is 0. The number of rotatable bonds is 23. The van der Waals surface area contributed by atoms with E-state index >= 15 is 0 Å². The van der Waals surface area contributed by atoms with Gasteiger partial charge >= 0.3 is 0 Å². The van der Waals surface area contributed by atoms with Crippen molar-refractivity contribution >= 4 is 47.3 Å². The van der Waals surface area contributed by atoms with Crippen LogP contribution in [0.15, 0.2) is 54.6 Å². The molecular weight excluding hydrogens is 905 g/mol. The second-order valence-electron chi connectivity index (χ2n) is 17.6. The Balaban J connectivity index is -0.00000157. The average Bonchev–Trinajstić information content (AvgIpc) is 3.34. The lowest BCUT2D eigenvalue weighted by molar-refractivity contribution is -0.131. The van der Waals surface area contributed by atoms with Crippen molar-refractivity contribution < 1.29 is 38.4 Å². The van der Waals surface area contributed by atoms with Crippen molar-refractivity contribution in [2.75, 3.05) is 52.4 Å². The summed E-state index contributed by atoms with van der Waals surface area (Å²) >= 11 is 0. The smallest absolute Gasteiger partial charge is 0.243 e. The van der Waals surface area contributed by atoms with Gasteiger partial charge in [0.25, 0.3) is 0 Å². The van der Waals surface area contributed by atoms with E-state index in [0.29, 0.717) is 6.42 Å². The molecule has 2 aromatic rings. The molecule has 1 saturated carbocycles. The fourth-order valence-corrected chi connectivity index (χ4v) is 5.78. The molecule has 0 aliphatic heterocycles. The Labute approximate surface area is 426 Å². The van der Waals surface area contributed by atoms with Crippen LogP contribution in [-0.2, 0) is 44.8 Å². The van der Waals surface area contributed by atoms with Gasteiger partial charge in [-0.05, 0) is 54.5 Å². The molecule has 0 aromatic heterocycles. The molecule has 18 nitrogen and oxygen atoms in total. The molecule has 18 heteroatoms. The van der Waals surface area contributed by atoms with E-state index in [-0.39, 0.29) is 25.3 Å². The number of amides is 8. The van der Waals surface area contributed by atoms with Gasteiger partial charge in [0, 0.05) is 12.8 Å². The minimum atomic E-state index is -0.938. The molecule has 71 heavy (non-hydrogen) atoms. The number of carbonyl (C=O) groups is 8. The van der Waals surface area contributed by atoms with Crippen molar-refractivity contribution in [3.63, 3.8) is 0 Å². The van der Waals surface area contributed by atoms with Gasteiger partial charge in [-0.2, -0.15) is 0 Å². The monoisotopic (exact) mass is 999 g/mol. The summed E-state index contributed by atoms with van der Waals surface area (Å²) in [5.74, 6) is -3.20. The van der Waals surface area contributed by atoms with E-state index in [9.17, 15) is 38.4 Å². The lowest BCUT2D eigenvalue weighted by Gasteiger charge is -2.19. The van der Waals surface area contributed by atoms with Crippen LogP contribution in [0.4, 0.5) is 0 Å². The van der Waals surface area contributed by atoms with Gasteiger partial charge < -0.3 is 54.4 Å². The van der Waals surface area contributed by atoms with Crippen molar-refractivity contribution in [2.24, 2.45) is 29.0 Å². The Bertz CT molecular complexity index is 1710. The zero-order chi connectivity index (χ0) is 54.2. The van der Waals surface area contributed by atoms with Gasteiger partial charge in [0.05, 0.1) is 39.3 Å². The maximum absolute atomic E-state index is 12.9. The van der Waals surface area contributed by atoms with Crippen LogP contribution in [0.1, 0.15) is 145 Å². The van der Waals surface area contributed by atoms with Crippen LogP contribution >= 0.6 is 0 Å². The molecule has 0 unspecified atom stereocenters. The van der Waals surface area contributed by atoms with Crippen molar-refractivity contribution in [3.8, 4) is 11.1 Å². The average molecular weight is 999 g/mol. The fraction of sp³-hybridized carbons (Fsp3) is 0.623. The molecule has 1 aliphatic rings. The van der Waals surface area contributed by atoms with Crippen LogP contribution in [0, 0.1) is 11.8 Å². The van der Waals surface area contributed by atoms with Crippen molar-refractivity contribution in [1.82, 2.24) is 37.2 Å². The van der Waals surface area contributed by atoms with Crippen molar-refractivity contribution in [2.45, 2.75) is 152 Å². The van der Waals surface area contributed by atoms with E-state index in [4.69, 9.17) is 17.2 Å². The molecular formula is C53H94N10O8. The highest BCUT2D eigenvalue weighted by Gasteiger charge is 2.22. The van der Waals surface area contributed by atoms with E-state index in [2.05, 4.69) is 85.7 Å². The summed E-state index contributed by atoms with van der Waals surface area (Å²) in [6.07, 6.45) is 14.9. The number of hydrogen-bond acceptors (Lipinski definition) is 10. The van der Waals surface area contributed by atoms with Gasteiger partial charge in [0.2, 0.25) is 47.3 Å². The highest BCUT2D eigenvalue weighted by atomic mass is 16.2. The highest BCUT2D eigenvalue weighted by Crippen LogP contribution is 2.22. The quantitative estimate of drug-likeness (QED) is 0.0695. The minimum absolute atomic E-state index is 0.191. The molecule has 0 heterocycles. The third-order valence-electron chi connectivity index (χ3n) is 9.25. The van der Waals surface area contributed by atoms with Crippen LogP contribution in [0.25, 0.3) is 11.1 Å². The van der Waals surface area contributed by atoms with Crippen LogP contribution in [0.2, 0.25) is 0 Å². The number of hydrogen-bond donors (Lipinski definition) is 10. The summed E-state index contributed by atoms with van der Waals surface area (Å²) in [5, 5.41) is 16.4. The largest absolute Gasteiger partial charge is 0.368 e. The second-order valence-corrected chi connectivity index (χ2v) is 17.6. The Morgan fingerprint density at radius 2 is 0.958 bits per heavy atom. The molecule has 1 atom stereocenters. The Morgan fingerprint density at radius 3 is 1.32 bits per heavy atom. The zero-order valence-corrected chi connectivity index (χ0v) is 44.8. The van der Waals surface area contributed by atoms with E-state index in [1.165, 1.54) is 64.2 Å². The minimum Gasteiger partial charge on any atom is -0.368 e. The maximum Gasteiger partial charge on any atom is 0.243 e. The number of nitrogens with two attached hydrogens (primary N) is 3. The molecule has 0 radical (unpaired) electrons. The molecule has 8 amide bonds. The topological polar surface area (TPSA) is 299 Å². The molecule has 404 valence electrons. The van der Waals surface area contributed by atoms with Gasteiger partial charge in [-0.3, -0.25) is 38.4 Å². The summed E-state index contributed by atoms with van der Waals surface area (Å²) in [7, 11) is 0. The summed E-state index contributed by atoms with van der Waals surface area (Å²) in [4.78, 5) is 95.1. The molecule has 2 aromatic carbocycles.